The first-order chi connectivity index (χ1) is 11.0. The van der Waals surface area contributed by atoms with E-state index in [1.54, 1.807) is 34.7 Å². The number of halogens is 1. The smallest absolute Gasteiger partial charge is 0.270 e. The Morgan fingerprint density at radius 3 is 2.91 bits per heavy atom. The Morgan fingerprint density at radius 1 is 1.57 bits per heavy atom. The lowest BCUT2D eigenvalue weighted by Gasteiger charge is -2.24. The normalized spacial score (nSPS) is 21.1. The number of rotatable bonds is 4. The number of amides is 1. The maximum Gasteiger partial charge on any atom is 0.270 e. The quantitative estimate of drug-likeness (QED) is 0.914. The number of methoxy groups -OCH3 is 1. The van der Waals surface area contributed by atoms with Crippen LogP contribution in [-0.2, 0) is 18.3 Å². The fourth-order valence-corrected chi connectivity index (χ4v) is 3.29. The van der Waals surface area contributed by atoms with Crippen molar-refractivity contribution < 1.29 is 9.53 Å². The zero-order valence-electron chi connectivity index (χ0n) is 13.1. The summed E-state index contributed by atoms with van der Waals surface area (Å²) in [5, 5.41) is 4.75. The third-order valence-electron chi connectivity index (χ3n) is 4.22. The van der Waals surface area contributed by atoms with Crippen molar-refractivity contribution in [2.45, 2.75) is 25.1 Å². The first kappa shape index (κ1) is 15.9. The predicted octanol–water partition coefficient (Wildman–Crippen LogP) is 1.39. The molecule has 3 rings (SSSR count). The molecule has 23 heavy (non-hydrogen) atoms. The first-order valence-electron chi connectivity index (χ1n) is 7.42. The van der Waals surface area contributed by atoms with Gasteiger partial charge in [-0.3, -0.25) is 9.48 Å². The summed E-state index contributed by atoms with van der Waals surface area (Å²) < 4.78 is 8.96. The molecule has 0 aromatic carbocycles. The molecule has 1 fully saturated rings. The third-order valence-corrected chi connectivity index (χ3v) is 4.43. The van der Waals surface area contributed by atoms with Crippen molar-refractivity contribution in [1.29, 1.82) is 0 Å². The van der Waals surface area contributed by atoms with Crippen molar-refractivity contribution in [3.8, 4) is 0 Å². The van der Waals surface area contributed by atoms with E-state index < -0.39 is 0 Å². The Hall–Kier alpha value is -1.99. The van der Waals surface area contributed by atoms with E-state index >= 15 is 0 Å². The first-order valence-corrected chi connectivity index (χ1v) is 7.80. The molecule has 0 radical (unpaired) electrons. The van der Waals surface area contributed by atoms with Crippen LogP contribution in [0.4, 0.5) is 5.82 Å². The van der Waals surface area contributed by atoms with Crippen molar-refractivity contribution in [3.05, 3.63) is 35.2 Å². The third kappa shape index (κ3) is 3.20. The van der Waals surface area contributed by atoms with Crippen molar-refractivity contribution in [2.24, 2.45) is 7.05 Å². The Morgan fingerprint density at radius 2 is 2.35 bits per heavy atom. The zero-order valence-corrected chi connectivity index (χ0v) is 13.9. The summed E-state index contributed by atoms with van der Waals surface area (Å²) >= 11 is 6.00. The number of carbonyl (C=O) groups is 1. The number of aromatic nitrogens is 3. The van der Waals surface area contributed by atoms with Gasteiger partial charge in [-0.25, -0.2) is 0 Å². The highest BCUT2D eigenvalue weighted by molar-refractivity contribution is 6.31. The standard InChI is InChI=1S/C15H20ClN5O2/c1-19-7-10(16)5-13(19)15(22)21-9-12(23-2)6-11(21)8-20-4-3-14(17)18-20/h3-5,7,11-12H,6,8-9H2,1-2H3,(H2,17,18)/t11-,12+/m1/s1. The van der Waals surface area contributed by atoms with Crippen LogP contribution in [0.2, 0.25) is 5.02 Å². The van der Waals surface area contributed by atoms with E-state index in [-0.39, 0.29) is 18.1 Å². The fourth-order valence-electron chi connectivity index (χ4n) is 3.05. The van der Waals surface area contributed by atoms with Gasteiger partial charge in [0.1, 0.15) is 11.5 Å². The minimum absolute atomic E-state index is 0.000394. The van der Waals surface area contributed by atoms with Crippen LogP contribution in [0.5, 0.6) is 0 Å². The SMILES string of the molecule is CO[C@H]1C[C@H](Cn2ccc(N)n2)N(C(=O)c2cc(Cl)cn2C)C1. The van der Waals surface area contributed by atoms with Gasteiger partial charge in [-0.15, -0.1) is 0 Å². The van der Waals surface area contributed by atoms with E-state index in [0.29, 0.717) is 29.6 Å². The highest BCUT2D eigenvalue weighted by Gasteiger charge is 2.36. The summed E-state index contributed by atoms with van der Waals surface area (Å²) in [6, 6.07) is 3.43. The molecule has 2 N–H and O–H groups in total. The summed E-state index contributed by atoms with van der Waals surface area (Å²) in [4.78, 5) is 14.7. The molecule has 1 aliphatic heterocycles. The number of anilines is 1. The monoisotopic (exact) mass is 337 g/mol. The lowest BCUT2D eigenvalue weighted by atomic mass is 10.2. The van der Waals surface area contributed by atoms with Gasteiger partial charge in [0.2, 0.25) is 0 Å². The number of nitrogens with two attached hydrogens (primary N) is 1. The Bertz CT molecular complexity index is 711. The van der Waals surface area contributed by atoms with E-state index in [9.17, 15) is 4.79 Å². The van der Waals surface area contributed by atoms with Crippen LogP contribution in [0.3, 0.4) is 0 Å². The molecule has 0 bridgehead atoms. The fraction of sp³-hybridized carbons (Fsp3) is 0.467. The second-order valence-corrected chi connectivity index (χ2v) is 6.26. The topological polar surface area (TPSA) is 78.3 Å². The number of ether oxygens (including phenoxy) is 1. The molecule has 0 unspecified atom stereocenters. The van der Waals surface area contributed by atoms with Gasteiger partial charge in [-0.2, -0.15) is 5.10 Å². The van der Waals surface area contributed by atoms with Gasteiger partial charge >= 0.3 is 0 Å². The van der Waals surface area contributed by atoms with Gasteiger partial charge in [0.05, 0.1) is 23.7 Å². The van der Waals surface area contributed by atoms with E-state index in [4.69, 9.17) is 22.1 Å². The maximum atomic E-state index is 12.9. The molecular weight excluding hydrogens is 318 g/mol. The van der Waals surface area contributed by atoms with Crippen molar-refractivity contribution in [1.82, 2.24) is 19.2 Å². The van der Waals surface area contributed by atoms with Gasteiger partial charge in [0.25, 0.3) is 5.91 Å². The van der Waals surface area contributed by atoms with Crippen molar-refractivity contribution in [2.75, 3.05) is 19.4 Å². The van der Waals surface area contributed by atoms with Crippen LogP contribution in [0.15, 0.2) is 24.5 Å². The van der Waals surface area contributed by atoms with E-state index in [1.165, 1.54) is 0 Å². The molecule has 7 nitrogen and oxygen atoms in total. The summed E-state index contributed by atoms with van der Waals surface area (Å²) in [5.41, 5.74) is 6.23. The highest BCUT2D eigenvalue weighted by atomic mass is 35.5. The minimum Gasteiger partial charge on any atom is -0.382 e. The second-order valence-electron chi connectivity index (χ2n) is 5.82. The summed E-state index contributed by atoms with van der Waals surface area (Å²) in [6.07, 6.45) is 4.33. The number of carbonyl (C=O) groups excluding carboxylic acids is 1. The van der Waals surface area contributed by atoms with Crippen molar-refractivity contribution in [3.63, 3.8) is 0 Å². The van der Waals surface area contributed by atoms with Crippen LogP contribution in [0.1, 0.15) is 16.9 Å². The number of aryl methyl sites for hydroxylation is 1. The second kappa shape index (κ2) is 6.25. The molecular formula is C15H20ClN5O2. The van der Waals surface area contributed by atoms with Gasteiger partial charge in [-0.05, 0) is 18.6 Å². The molecule has 3 heterocycles. The molecule has 2 atom stereocenters. The van der Waals surface area contributed by atoms with Crippen LogP contribution < -0.4 is 5.73 Å². The zero-order chi connectivity index (χ0) is 16.6. The van der Waals surface area contributed by atoms with Crippen LogP contribution in [0, 0.1) is 0 Å². The minimum atomic E-state index is -0.0518. The molecule has 0 aliphatic carbocycles. The van der Waals surface area contributed by atoms with Gasteiger partial charge < -0.3 is 19.9 Å². The lowest BCUT2D eigenvalue weighted by Crippen LogP contribution is -2.39. The number of hydrogen-bond donors (Lipinski definition) is 1. The average molecular weight is 338 g/mol. The van der Waals surface area contributed by atoms with Gasteiger partial charge in [0, 0.05) is 33.1 Å². The predicted molar refractivity (Wildman–Crippen MR) is 87.3 cm³/mol. The molecule has 1 amide bonds. The number of nitrogen functional groups attached to an aromatic ring is 1. The number of hydrogen-bond acceptors (Lipinski definition) is 4. The molecule has 2 aromatic heterocycles. The van der Waals surface area contributed by atoms with Crippen LogP contribution in [-0.4, -0.2) is 51.0 Å². The van der Waals surface area contributed by atoms with Crippen LogP contribution >= 0.6 is 11.6 Å². The number of likely N-dealkylation sites (tertiary alicyclic amines) is 1. The van der Waals surface area contributed by atoms with E-state index in [2.05, 4.69) is 5.10 Å². The molecule has 0 saturated carbocycles. The summed E-state index contributed by atoms with van der Waals surface area (Å²) in [5.74, 6) is 0.419. The average Bonchev–Trinajstić information content (AvgIpc) is 3.18. The molecule has 1 aliphatic rings. The van der Waals surface area contributed by atoms with Crippen molar-refractivity contribution >= 4 is 23.3 Å². The maximum absolute atomic E-state index is 12.9. The molecule has 2 aromatic rings. The van der Waals surface area contributed by atoms with Gasteiger partial charge in [0.15, 0.2) is 0 Å². The van der Waals surface area contributed by atoms with Gasteiger partial charge in [-0.1, -0.05) is 11.6 Å². The molecule has 8 heteroatoms. The van der Waals surface area contributed by atoms with E-state index in [1.807, 2.05) is 18.1 Å². The molecule has 124 valence electrons. The Labute approximate surface area is 139 Å². The molecule has 0 spiro atoms. The Kier molecular flexibility index (Phi) is 4.32. The summed E-state index contributed by atoms with van der Waals surface area (Å²) in [6.45, 7) is 1.14. The summed E-state index contributed by atoms with van der Waals surface area (Å²) in [7, 11) is 3.48. The Balaban J connectivity index is 1.82. The van der Waals surface area contributed by atoms with Crippen LogP contribution in [0.25, 0.3) is 0 Å². The lowest BCUT2D eigenvalue weighted by molar-refractivity contribution is 0.0669. The molecule has 1 saturated heterocycles. The number of nitrogens with zero attached hydrogens (tertiary/aromatic N) is 4. The highest BCUT2D eigenvalue weighted by Crippen LogP contribution is 2.25. The largest absolute Gasteiger partial charge is 0.382 e. The van der Waals surface area contributed by atoms with E-state index in [0.717, 1.165) is 6.42 Å².